The van der Waals surface area contributed by atoms with Crippen molar-refractivity contribution in [2.45, 2.75) is 11.8 Å². The number of halogens is 8. The van der Waals surface area contributed by atoms with Crippen LogP contribution in [-0.2, 0) is 9.84 Å². The molecule has 0 amide bonds. The summed E-state index contributed by atoms with van der Waals surface area (Å²) in [5.74, 6) is -8.27. The van der Waals surface area contributed by atoms with Crippen molar-refractivity contribution < 1.29 is 39.6 Å². The summed E-state index contributed by atoms with van der Waals surface area (Å²) >= 11 is 6.42. The first-order valence-corrected chi connectivity index (χ1v) is 15.7. The van der Waals surface area contributed by atoms with Crippen molar-refractivity contribution in [3.05, 3.63) is 121 Å². The van der Waals surface area contributed by atoms with E-state index in [1.165, 1.54) is 19.1 Å². The molecule has 5 rings (SSSR count). The van der Waals surface area contributed by atoms with Gasteiger partial charge in [-0.25, -0.2) is 34.8 Å². The van der Waals surface area contributed by atoms with E-state index in [1.54, 1.807) is 24.3 Å². The highest BCUT2D eigenvalue weighted by atomic mass is 79.9. The van der Waals surface area contributed by atoms with E-state index in [9.17, 15) is 39.6 Å². The lowest BCUT2D eigenvalue weighted by atomic mass is 9.99. The van der Waals surface area contributed by atoms with Crippen molar-refractivity contribution in [3.8, 4) is 11.1 Å². The number of pyridine rings is 1. The zero-order valence-corrected chi connectivity index (χ0v) is 26.4. The van der Waals surface area contributed by atoms with Crippen LogP contribution in [0.3, 0.4) is 0 Å². The summed E-state index contributed by atoms with van der Waals surface area (Å²) in [5, 5.41) is 0.310. The molecule has 5 aromatic rings. The van der Waals surface area contributed by atoms with E-state index in [4.69, 9.17) is 5.73 Å². The molecule has 4 aromatic carbocycles. The number of nitrogens with zero attached hydrogens (tertiary/aromatic N) is 1. The van der Waals surface area contributed by atoms with Crippen LogP contribution in [0.15, 0.2) is 74.5 Å². The number of nitrogen functional groups attached to an aromatic ring is 1. The summed E-state index contributed by atoms with van der Waals surface area (Å²) in [7, 11) is -3.82. The summed E-state index contributed by atoms with van der Waals surface area (Å²) < 4.78 is 107. The summed E-state index contributed by atoms with van der Waals surface area (Å²) in [5.41, 5.74) is 5.36. The average Bonchev–Trinajstić information content (AvgIpc) is 2.93. The van der Waals surface area contributed by atoms with E-state index in [2.05, 4.69) is 36.8 Å². The molecule has 2 N–H and O–H groups in total. The fourth-order valence-electron chi connectivity index (χ4n) is 4.34. The summed E-state index contributed by atoms with van der Waals surface area (Å²) in [6.07, 6.45) is 0.960. The number of ketones is 1. The maximum Gasteiger partial charge on any atom is 0.198 e. The maximum atomic E-state index is 14.4. The molecular formula is C30H18Br2F6N2O3S. The Labute approximate surface area is 263 Å². The molecule has 0 aliphatic heterocycles. The number of anilines is 1. The first-order chi connectivity index (χ1) is 20.5. The van der Waals surface area contributed by atoms with Gasteiger partial charge in [-0.05, 0) is 55.5 Å². The maximum absolute atomic E-state index is 14.4. The zero-order chi connectivity index (χ0) is 32.7. The van der Waals surface area contributed by atoms with Gasteiger partial charge < -0.3 is 5.73 Å². The van der Waals surface area contributed by atoms with Crippen molar-refractivity contribution in [1.29, 1.82) is 0 Å². The molecule has 0 aliphatic carbocycles. The SMILES string of the molecule is Cc1nc2ccc(Br)cc2c(-c2cc(F)c(F)cc2F)c1S(C)(=O)=O.Nc1ccc(Br)cc1C(=O)c1cc(F)c(F)cc1F. The Morgan fingerprint density at radius 1 is 0.727 bits per heavy atom. The molecule has 0 atom stereocenters. The third-order valence-corrected chi connectivity index (χ3v) is 8.46. The van der Waals surface area contributed by atoms with E-state index in [0.29, 0.717) is 44.1 Å². The number of sulfone groups is 1. The van der Waals surface area contributed by atoms with Gasteiger partial charge >= 0.3 is 0 Å². The topological polar surface area (TPSA) is 90.1 Å². The second-order valence-corrected chi connectivity index (χ2v) is 13.2. The lowest BCUT2D eigenvalue weighted by Crippen LogP contribution is -2.09. The summed E-state index contributed by atoms with van der Waals surface area (Å²) in [6, 6.07) is 11.2. The first kappa shape index (κ1) is 33.1. The lowest BCUT2D eigenvalue weighted by molar-refractivity contribution is 0.103. The van der Waals surface area contributed by atoms with E-state index >= 15 is 0 Å². The third-order valence-electron chi connectivity index (χ3n) is 6.24. The normalized spacial score (nSPS) is 11.3. The smallest absolute Gasteiger partial charge is 0.198 e. The average molecular weight is 760 g/mol. The number of hydrogen-bond acceptors (Lipinski definition) is 5. The molecule has 14 heteroatoms. The van der Waals surface area contributed by atoms with Crippen LogP contribution in [0.4, 0.5) is 32.0 Å². The quantitative estimate of drug-likeness (QED) is 0.0860. The van der Waals surface area contributed by atoms with E-state index in [-0.39, 0.29) is 33.0 Å². The molecule has 0 radical (unpaired) electrons. The van der Waals surface area contributed by atoms with Crippen LogP contribution in [0.25, 0.3) is 22.0 Å². The Kier molecular flexibility index (Phi) is 9.57. The van der Waals surface area contributed by atoms with Crippen molar-refractivity contribution in [2.24, 2.45) is 0 Å². The number of rotatable bonds is 4. The van der Waals surface area contributed by atoms with E-state index in [1.807, 2.05) is 0 Å². The highest BCUT2D eigenvalue weighted by Gasteiger charge is 2.25. The number of fused-ring (bicyclic) bond motifs is 1. The minimum absolute atomic E-state index is 0.0132. The van der Waals surface area contributed by atoms with Gasteiger partial charge in [0.25, 0.3) is 0 Å². The van der Waals surface area contributed by atoms with E-state index < -0.39 is 56.1 Å². The van der Waals surface area contributed by atoms with Gasteiger partial charge in [0.1, 0.15) is 11.6 Å². The van der Waals surface area contributed by atoms with E-state index in [0.717, 1.165) is 6.26 Å². The number of nitrogens with two attached hydrogens (primary N) is 1. The van der Waals surface area contributed by atoms with Crippen LogP contribution in [0.5, 0.6) is 0 Å². The first-order valence-electron chi connectivity index (χ1n) is 12.2. The fourth-order valence-corrected chi connectivity index (χ4v) is 6.24. The monoisotopic (exact) mass is 758 g/mol. The van der Waals surface area contributed by atoms with Crippen LogP contribution in [0.2, 0.25) is 0 Å². The molecule has 1 aromatic heterocycles. The third kappa shape index (κ3) is 6.81. The number of aromatic nitrogens is 1. The highest BCUT2D eigenvalue weighted by molar-refractivity contribution is 9.10. The Hall–Kier alpha value is -3.75. The molecule has 228 valence electrons. The minimum Gasteiger partial charge on any atom is -0.398 e. The van der Waals surface area contributed by atoms with Gasteiger partial charge in [0, 0.05) is 55.1 Å². The van der Waals surface area contributed by atoms with Gasteiger partial charge in [0.2, 0.25) is 0 Å². The second-order valence-electron chi connectivity index (χ2n) is 9.39. The molecule has 44 heavy (non-hydrogen) atoms. The Bertz CT molecular complexity index is 2090. The molecular weight excluding hydrogens is 742 g/mol. The fraction of sp³-hybridized carbons (Fsp3) is 0.0667. The lowest BCUT2D eigenvalue weighted by Gasteiger charge is -2.15. The molecule has 0 saturated heterocycles. The molecule has 0 aliphatic rings. The highest BCUT2D eigenvalue weighted by Crippen LogP contribution is 2.38. The second kappa shape index (κ2) is 12.7. The van der Waals surface area contributed by atoms with Crippen molar-refractivity contribution in [2.75, 3.05) is 12.0 Å². The minimum atomic E-state index is -3.82. The van der Waals surface area contributed by atoms with Gasteiger partial charge in [-0.15, -0.1) is 0 Å². The van der Waals surface area contributed by atoms with Crippen LogP contribution in [-0.4, -0.2) is 25.4 Å². The largest absolute Gasteiger partial charge is 0.398 e. The van der Waals surface area contributed by atoms with Crippen molar-refractivity contribution in [1.82, 2.24) is 4.98 Å². The van der Waals surface area contributed by atoms with Crippen LogP contribution < -0.4 is 5.73 Å². The molecule has 5 nitrogen and oxygen atoms in total. The number of carbonyl (C=O) groups excluding carboxylic acids is 1. The number of hydrogen-bond donors (Lipinski definition) is 1. The Morgan fingerprint density at radius 3 is 1.91 bits per heavy atom. The standard InChI is InChI=1S/C17H11BrF3NO2S.C13H7BrF3NO/c1-8-17(25(2,23)24)16(10-6-13(20)14(21)7-12(10)19)11-5-9(18)3-4-15(11)22-8;14-6-1-2-12(18)8(3-6)13(19)7-4-10(16)11(17)5-9(7)15/h3-7H,1-2H3;1-5H,18H2. The van der Waals surface area contributed by atoms with Crippen LogP contribution >= 0.6 is 31.9 Å². The van der Waals surface area contributed by atoms with Crippen molar-refractivity contribution in [3.63, 3.8) is 0 Å². The van der Waals surface area contributed by atoms with Gasteiger partial charge in [-0.1, -0.05) is 31.9 Å². The van der Waals surface area contributed by atoms with Crippen LogP contribution in [0.1, 0.15) is 21.6 Å². The van der Waals surface area contributed by atoms with Gasteiger partial charge in [-0.2, -0.15) is 0 Å². The molecule has 0 unspecified atom stereocenters. The molecule has 0 bridgehead atoms. The Morgan fingerprint density at radius 2 is 1.27 bits per heavy atom. The van der Waals surface area contributed by atoms with Gasteiger partial charge in [-0.3, -0.25) is 9.78 Å². The van der Waals surface area contributed by atoms with Crippen molar-refractivity contribution >= 4 is 64.1 Å². The predicted octanol–water partition coefficient (Wildman–Crippen LogP) is 8.47. The molecule has 0 spiro atoms. The predicted molar refractivity (Wildman–Crippen MR) is 161 cm³/mol. The molecule has 0 saturated carbocycles. The summed E-state index contributed by atoms with van der Waals surface area (Å²) in [4.78, 5) is 16.1. The molecule has 0 fully saturated rings. The van der Waals surface area contributed by atoms with Crippen LogP contribution in [0, 0.1) is 41.8 Å². The van der Waals surface area contributed by atoms with Gasteiger partial charge in [0.15, 0.2) is 38.9 Å². The number of benzene rings is 4. The van der Waals surface area contributed by atoms with Gasteiger partial charge in [0.05, 0.1) is 21.7 Å². The summed E-state index contributed by atoms with van der Waals surface area (Å²) in [6.45, 7) is 1.47. The number of carbonyl (C=O) groups is 1. The molecule has 1 heterocycles. The zero-order valence-electron chi connectivity index (χ0n) is 22.5. The Balaban J connectivity index is 0.000000209. The number of aryl methyl sites for hydroxylation is 1.